The molecule has 0 radical (unpaired) electrons. The molecule has 0 saturated carbocycles. The average molecular weight is 344 g/mol. The highest BCUT2D eigenvalue weighted by atomic mass is 35.5. The number of nitrogens with one attached hydrogen (secondary N) is 1. The van der Waals surface area contributed by atoms with E-state index in [4.69, 9.17) is 16.3 Å². The zero-order valence-corrected chi connectivity index (χ0v) is 13.9. The number of nitrogens with zero attached hydrogens (tertiary/aromatic N) is 2. The van der Waals surface area contributed by atoms with Gasteiger partial charge in [0.25, 0.3) is 0 Å². The molecule has 116 valence electrons. The first-order valence-corrected chi connectivity index (χ1v) is 8.11. The van der Waals surface area contributed by atoms with Crippen molar-refractivity contribution in [2.75, 3.05) is 12.5 Å². The van der Waals surface area contributed by atoms with Crippen molar-refractivity contribution < 1.29 is 4.74 Å². The topological polar surface area (TPSA) is 46.5 Å². The summed E-state index contributed by atoms with van der Waals surface area (Å²) in [7, 11) is 1.64. The number of anilines is 1. The summed E-state index contributed by atoms with van der Waals surface area (Å²) in [5.41, 5.74) is 6.01. The predicted octanol–water partition coefficient (Wildman–Crippen LogP) is 4.92. The molecular formula is C17H14ClN3OS. The maximum atomic E-state index is 5.92. The normalized spacial score (nSPS) is 10.9. The zero-order chi connectivity index (χ0) is 16.1. The van der Waals surface area contributed by atoms with Gasteiger partial charge in [-0.15, -0.1) is 0 Å². The van der Waals surface area contributed by atoms with Crippen molar-refractivity contribution in [1.82, 2.24) is 4.37 Å². The summed E-state index contributed by atoms with van der Waals surface area (Å²) in [6.07, 6.45) is 1.74. The van der Waals surface area contributed by atoms with Gasteiger partial charge in [0.05, 0.1) is 13.3 Å². The molecule has 3 rings (SSSR count). The van der Waals surface area contributed by atoms with E-state index in [9.17, 15) is 0 Å². The lowest BCUT2D eigenvalue weighted by Crippen LogP contribution is -1.93. The van der Waals surface area contributed by atoms with Crippen LogP contribution in [0.5, 0.6) is 5.75 Å². The summed E-state index contributed by atoms with van der Waals surface area (Å²) in [5.74, 6) is 1.54. The van der Waals surface area contributed by atoms with Gasteiger partial charge in [-0.05, 0) is 59.1 Å². The van der Waals surface area contributed by atoms with Gasteiger partial charge in [0.2, 0.25) is 0 Å². The maximum Gasteiger partial charge on any atom is 0.167 e. The minimum Gasteiger partial charge on any atom is -0.497 e. The largest absolute Gasteiger partial charge is 0.497 e. The molecule has 0 aliphatic heterocycles. The van der Waals surface area contributed by atoms with E-state index in [-0.39, 0.29) is 0 Å². The SMILES string of the molecule is COc1ccc(C=NNc2nscc2-c2ccc(Cl)cc2)cc1. The van der Waals surface area contributed by atoms with Crippen molar-refractivity contribution in [3.63, 3.8) is 0 Å². The van der Waals surface area contributed by atoms with E-state index in [1.165, 1.54) is 11.5 Å². The summed E-state index contributed by atoms with van der Waals surface area (Å²) < 4.78 is 9.46. The fourth-order valence-corrected chi connectivity index (χ4v) is 2.79. The summed E-state index contributed by atoms with van der Waals surface area (Å²) >= 11 is 7.31. The van der Waals surface area contributed by atoms with Crippen LogP contribution in [0.2, 0.25) is 5.02 Å². The van der Waals surface area contributed by atoms with Crippen molar-refractivity contribution in [2.45, 2.75) is 0 Å². The van der Waals surface area contributed by atoms with Crippen LogP contribution in [0.3, 0.4) is 0 Å². The molecule has 3 aromatic rings. The Morgan fingerprint density at radius 2 is 1.87 bits per heavy atom. The van der Waals surface area contributed by atoms with E-state index in [0.717, 1.165) is 28.3 Å². The molecule has 0 amide bonds. The number of hydrogen-bond acceptors (Lipinski definition) is 5. The highest BCUT2D eigenvalue weighted by Crippen LogP contribution is 2.29. The molecule has 1 N–H and O–H groups in total. The van der Waals surface area contributed by atoms with Crippen LogP contribution in [0.25, 0.3) is 11.1 Å². The molecule has 6 heteroatoms. The summed E-state index contributed by atoms with van der Waals surface area (Å²) in [4.78, 5) is 0. The molecule has 0 unspecified atom stereocenters. The number of rotatable bonds is 5. The van der Waals surface area contributed by atoms with Gasteiger partial charge in [-0.1, -0.05) is 23.7 Å². The maximum absolute atomic E-state index is 5.92. The molecular weight excluding hydrogens is 330 g/mol. The van der Waals surface area contributed by atoms with Crippen molar-refractivity contribution in [1.29, 1.82) is 0 Å². The van der Waals surface area contributed by atoms with Crippen molar-refractivity contribution in [3.05, 3.63) is 64.5 Å². The number of ether oxygens (including phenoxy) is 1. The van der Waals surface area contributed by atoms with Crippen LogP contribution in [-0.4, -0.2) is 17.7 Å². The van der Waals surface area contributed by atoms with Crippen LogP contribution in [-0.2, 0) is 0 Å². The van der Waals surface area contributed by atoms with Crippen LogP contribution in [0, 0.1) is 0 Å². The molecule has 1 heterocycles. The molecule has 2 aromatic carbocycles. The summed E-state index contributed by atoms with van der Waals surface area (Å²) in [6, 6.07) is 15.3. The first-order chi connectivity index (χ1) is 11.3. The van der Waals surface area contributed by atoms with E-state index in [1.807, 2.05) is 53.9 Å². The Morgan fingerprint density at radius 3 is 2.57 bits per heavy atom. The van der Waals surface area contributed by atoms with Gasteiger partial charge in [-0.2, -0.15) is 9.47 Å². The van der Waals surface area contributed by atoms with Crippen LogP contribution in [0.4, 0.5) is 5.82 Å². The Labute approximate surface area is 143 Å². The lowest BCUT2D eigenvalue weighted by Gasteiger charge is -2.02. The number of benzene rings is 2. The molecule has 23 heavy (non-hydrogen) atoms. The zero-order valence-electron chi connectivity index (χ0n) is 12.4. The molecule has 0 aliphatic carbocycles. The number of halogens is 1. The second-order valence-electron chi connectivity index (χ2n) is 4.73. The lowest BCUT2D eigenvalue weighted by atomic mass is 10.1. The minimum atomic E-state index is 0.712. The van der Waals surface area contributed by atoms with E-state index in [1.54, 1.807) is 13.3 Å². The van der Waals surface area contributed by atoms with Crippen LogP contribution >= 0.6 is 23.1 Å². The minimum absolute atomic E-state index is 0.712. The number of methoxy groups -OCH3 is 1. The van der Waals surface area contributed by atoms with Gasteiger partial charge in [0, 0.05) is 16.0 Å². The molecule has 0 aliphatic rings. The van der Waals surface area contributed by atoms with E-state index in [2.05, 4.69) is 14.9 Å². The van der Waals surface area contributed by atoms with Gasteiger partial charge in [-0.25, -0.2) is 0 Å². The monoisotopic (exact) mass is 343 g/mol. The number of aromatic nitrogens is 1. The predicted molar refractivity (Wildman–Crippen MR) is 96.8 cm³/mol. The summed E-state index contributed by atoms with van der Waals surface area (Å²) in [5, 5.41) is 6.94. The Balaban J connectivity index is 1.72. The van der Waals surface area contributed by atoms with Crippen LogP contribution < -0.4 is 10.2 Å². The van der Waals surface area contributed by atoms with Gasteiger partial charge in [0.1, 0.15) is 5.75 Å². The smallest absolute Gasteiger partial charge is 0.167 e. The van der Waals surface area contributed by atoms with Crippen molar-refractivity contribution in [3.8, 4) is 16.9 Å². The Hall–Kier alpha value is -2.37. The van der Waals surface area contributed by atoms with E-state index < -0.39 is 0 Å². The van der Waals surface area contributed by atoms with Crippen LogP contribution in [0.15, 0.2) is 59.0 Å². The third-order valence-corrected chi connectivity index (χ3v) is 4.11. The Bertz CT molecular complexity index is 797. The van der Waals surface area contributed by atoms with Gasteiger partial charge in [-0.3, -0.25) is 5.43 Å². The highest BCUT2D eigenvalue weighted by molar-refractivity contribution is 7.04. The first-order valence-electron chi connectivity index (χ1n) is 6.90. The third-order valence-electron chi connectivity index (χ3n) is 3.22. The van der Waals surface area contributed by atoms with Gasteiger partial charge >= 0.3 is 0 Å². The standard InChI is InChI=1S/C17H14ClN3OS/c1-22-15-8-2-12(3-9-15)10-19-20-17-16(11-23-21-17)13-4-6-14(18)7-5-13/h2-11H,1H3,(H,20,21). The van der Waals surface area contributed by atoms with Gasteiger partial charge in [0.15, 0.2) is 5.82 Å². The highest BCUT2D eigenvalue weighted by Gasteiger charge is 2.07. The Morgan fingerprint density at radius 1 is 1.13 bits per heavy atom. The van der Waals surface area contributed by atoms with Gasteiger partial charge < -0.3 is 4.74 Å². The molecule has 0 atom stereocenters. The first kappa shape index (κ1) is 15.5. The molecule has 0 bridgehead atoms. The lowest BCUT2D eigenvalue weighted by molar-refractivity contribution is 0.415. The molecule has 4 nitrogen and oxygen atoms in total. The average Bonchev–Trinajstić information content (AvgIpc) is 3.05. The second kappa shape index (κ2) is 7.26. The Kier molecular flexibility index (Phi) is 4.90. The summed E-state index contributed by atoms with van der Waals surface area (Å²) in [6.45, 7) is 0. The fraction of sp³-hybridized carbons (Fsp3) is 0.0588. The third kappa shape index (κ3) is 3.88. The molecule has 0 spiro atoms. The van der Waals surface area contributed by atoms with Crippen LogP contribution in [0.1, 0.15) is 5.56 Å². The van der Waals surface area contributed by atoms with Crippen molar-refractivity contribution >= 4 is 35.2 Å². The quantitative estimate of drug-likeness (QED) is 0.528. The fourth-order valence-electron chi connectivity index (χ4n) is 2.01. The molecule has 0 saturated heterocycles. The van der Waals surface area contributed by atoms with E-state index >= 15 is 0 Å². The molecule has 1 aromatic heterocycles. The van der Waals surface area contributed by atoms with Crippen molar-refractivity contribution in [2.24, 2.45) is 5.10 Å². The number of hydrogen-bond donors (Lipinski definition) is 1. The molecule has 0 fully saturated rings. The van der Waals surface area contributed by atoms with E-state index in [0.29, 0.717) is 5.02 Å². The number of hydrazone groups is 1. The second-order valence-corrected chi connectivity index (χ2v) is 5.79.